The van der Waals surface area contributed by atoms with Gasteiger partial charge in [0, 0.05) is 10.7 Å². The van der Waals surface area contributed by atoms with Crippen LogP contribution in [0.2, 0.25) is 0 Å². The summed E-state index contributed by atoms with van der Waals surface area (Å²) in [6.45, 7) is 9.72. The van der Waals surface area contributed by atoms with Crippen molar-refractivity contribution in [1.82, 2.24) is 4.98 Å². The van der Waals surface area contributed by atoms with E-state index >= 15 is 0 Å². The summed E-state index contributed by atoms with van der Waals surface area (Å²) in [6, 6.07) is 1.28. The summed E-state index contributed by atoms with van der Waals surface area (Å²) in [6.07, 6.45) is -0.886. The molecule has 0 saturated heterocycles. The van der Waals surface area contributed by atoms with Crippen LogP contribution in [0.4, 0.5) is 15.3 Å². The molecule has 2 amide bonds. The number of rotatable bonds is 2. The average molecular weight is 417 g/mol. The lowest BCUT2D eigenvalue weighted by Crippen LogP contribution is -2.44. The number of anilines is 1. The number of hydrogen-bond donors (Lipinski definition) is 1. The summed E-state index contributed by atoms with van der Waals surface area (Å²) in [5.74, 6) is -1.40. The molecule has 0 fully saturated rings. The maximum absolute atomic E-state index is 12.5. The highest BCUT2D eigenvalue weighted by Crippen LogP contribution is 2.27. The lowest BCUT2D eigenvalue weighted by Gasteiger charge is -2.29. The van der Waals surface area contributed by atoms with Crippen LogP contribution in [0.3, 0.4) is 0 Å². The van der Waals surface area contributed by atoms with Gasteiger partial charge in [0.25, 0.3) is 0 Å². The fraction of sp³-hybridized carbons (Fsp3) is 0.500. The van der Waals surface area contributed by atoms with Crippen molar-refractivity contribution in [2.45, 2.75) is 52.7 Å². The van der Waals surface area contributed by atoms with Crippen LogP contribution in [0.1, 0.15) is 52.0 Å². The lowest BCUT2D eigenvalue weighted by atomic mass is 10.2. The maximum Gasteiger partial charge on any atom is 0.424 e. The largest absolute Gasteiger partial charge is 0.476 e. The van der Waals surface area contributed by atoms with E-state index in [-0.39, 0.29) is 5.69 Å². The standard InChI is InChI=1S/C16H21BrN2O6/c1-15(2,3)24-13(22)19(14(23)25-16(4,5)6)10-7-9(17)8-18-11(10)12(20)21/h7-8H,1-6H3,(H,20,21). The van der Waals surface area contributed by atoms with Gasteiger partial charge < -0.3 is 14.6 Å². The smallest absolute Gasteiger partial charge is 0.424 e. The van der Waals surface area contributed by atoms with Crippen molar-refractivity contribution in [1.29, 1.82) is 0 Å². The SMILES string of the molecule is CC(C)(C)OC(=O)N(C(=O)OC(C)(C)C)c1cc(Br)cnc1C(=O)O. The van der Waals surface area contributed by atoms with Gasteiger partial charge in [-0.3, -0.25) is 0 Å². The highest BCUT2D eigenvalue weighted by molar-refractivity contribution is 9.10. The number of ether oxygens (including phenoxy) is 2. The highest BCUT2D eigenvalue weighted by Gasteiger charge is 2.35. The second-order valence-corrected chi connectivity index (χ2v) is 8.04. The molecule has 0 aromatic carbocycles. The molecule has 1 rings (SSSR count). The molecular weight excluding hydrogens is 396 g/mol. The molecule has 0 spiro atoms. The van der Waals surface area contributed by atoms with E-state index < -0.39 is 35.1 Å². The molecule has 1 N–H and O–H groups in total. The number of aromatic carboxylic acids is 1. The van der Waals surface area contributed by atoms with Gasteiger partial charge in [-0.15, -0.1) is 0 Å². The van der Waals surface area contributed by atoms with Crippen molar-refractivity contribution in [2.75, 3.05) is 4.90 Å². The van der Waals surface area contributed by atoms with Crippen molar-refractivity contribution in [3.8, 4) is 0 Å². The Morgan fingerprint density at radius 3 is 1.84 bits per heavy atom. The number of nitrogens with zero attached hydrogens (tertiary/aromatic N) is 2. The first-order valence-electron chi connectivity index (χ1n) is 7.36. The number of pyridine rings is 1. The van der Waals surface area contributed by atoms with Crippen molar-refractivity contribution in [3.63, 3.8) is 0 Å². The number of amides is 2. The van der Waals surface area contributed by atoms with Gasteiger partial charge in [0.15, 0.2) is 5.69 Å². The molecule has 1 aromatic heterocycles. The minimum atomic E-state index is -1.40. The Morgan fingerprint density at radius 1 is 1.04 bits per heavy atom. The van der Waals surface area contributed by atoms with Crippen LogP contribution < -0.4 is 4.90 Å². The molecule has 1 aromatic rings. The average Bonchev–Trinajstić information content (AvgIpc) is 2.33. The van der Waals surface area contributed by atoms with Gasteiger partial charge in [-0.05, 0) is 63.5 Å². The van der Waals surface area contributed by atoms with E-state index in [0.29, 0.717) is 9.37 Å². The van der Waals surface area contributed by atoms with Crippen molar-refractivity contribution < 1.29 is 29.0 Å². The number of carboxylic acids is 1. The Bertz CT molecular complexity index is 663. The molecule has 25 heavy (non-hydrogen) atoms. The Labute approximate surface area is 154 Å². The topological polar surface area (TPSA) is 106 Å². The third kappa shape index (κ3) is 6.33. The first-order chi connectivity index (χ1) is 11.2. The third-order valence-corrected chi connectivity index (χ3v) is 2.86. The fourth-order valence-corrected chi connectivity index (χ4v) is 1.97. The number of carboxylic acid groups (broad SMARTS) is 1. The molecule has 0 bridgehead atoms. The predicted molar refractivity (Wildman–Crippen MR) is 93.8 cm³/mol. The number of carbonyl (C=O) groups excluding carboxylic acids is 2. The maximum atomic E-state index is 12.5. The molecule has 0 atom stereocenters. The van der Waals surface area contributed by atoms with Crippen LogP contribution >= 0.6 is 15.9 Å². The fourth-order valence-electron chi connectivity index (χ4n) is 1.65. The molecule has 8 nitrogen and oxygen atoms in total. The monoisotopic (exact) mass is 416 g/mol. The zero-order valence-electron chi connectivity index (χ0n) is 14.9. The lowest BCUT2D eigenvalue weighted by molar-refractivity contribution is 0.0430. The third-order valence-electron chi connectivity index (χ3n) is 2.43. The minimum absolute atomic E-state index is 0.259. The first-order valence-corrected chi connectivity index (χ1v) is 8.15. The molecule has 0 radical (unpaired) electrons. The summed E-state index contributed by atoms with van der Waals surface area (Å²) in [5, 5.41) is 9.33. The van der Waals surface area contributed by atoms with Crippen LogP contribution in [0.5, 0.6) is 0 Å². The predicted octanol–water partition coefficient (Wildman–Crippen LogP) is 4.22. The van der Waals surface area contributed by atoms with Gasteiger partial charge in [-0.2, -0.15) is 4.90 Å². The molecule has 0 unspecified atom stereocenters. The van der Waals surface area contributed by atoms with Gasteiger partial charge in [-0.1, -0.05) is 0 Å². The van der Waals surface area contributed by atoms with E-state index in [9.17, 15) is 19.5 Å². The molecule has 138 valence electrons. The van der Waals surface area contributed by atoms with Crippen LogP contribution in [0.15, 0.2) is 16.7 Å². The van der Waals surface area contributed by atoms with E-state index in [4.69, 9.17) is 9.47 Å². The molecule has 0 saturated carbocycles. The van der Waals surface area contributed by atoms with Crippen molar-refractivity contribution in [3.05, 3.63) is 22.4 Å². The zero-order valence-corrected chi connectivity index (χ0v) is 16.5. The molecule has 1 heterocycles. The highest BCUT2D eigenvalue weighted by atomic mass is 79.9. The van der Waals surface area contributed by atoms with Crippen LogP contribution in [-0.4, -0.2) is 39.4 Å². The number of carbonyl (C=O) groups is 3. The van der Waals surface area contributed by atoms with Gasteiger partial charge in [-0.25, -0.2) is 19.4 Å². The van der Waals surface area contributed by atoms with E-state index in [1.807, 2.05) is 0 Å². The minimum Gasteiger partial charge on any atom is -0.476 e. The molecule has 0 aliphatic carbocycles. The molecule has 9 heteroatoms. The Kier molecular flexibility index (Phi) is 6.17. The van der Waals surface area contributed by atoms with Gasteiger partial charge >= 0.3 is 18.2 Å². The second kappa shape index (κ2) is 7.38. The van der Waals surface area contributed by atoms with E-state index in [2.05, 4.69) is 20.9 Å². The van der Waals surface area contributed by atoms with Gasteiger partial charge in [0.2, 0.25) is 0 Å². The normalized spacial score (nSPS) is 11.6. The Balaban J connectivity index is 3.46. The van der Waals surface area contributed by atoms with Crippen molar-refractivity contribution >= 4 is 39.8 Å². The van der Waals surface area contributed by atoms with E-state index in [1.165, 1.54) is 12.3 Å². The summed E-state index contributed by atoms with van der Waals surface area (Å²) < 4.78 is 10.8. The molecule has 0 aliphatic rings. The number of hydrogen-bond acceptors (Lipinski definition) is 6. The zero-order chi connectivity index (χ0) is 19.6. The molecule has 0 aliphatic heterocycles. The van der Waals surface area contributed by atoms with E-state index in [1.54, 1.807) is 41.5 Å². The molecular formula is C16H21BrN2O6. The second-order valence-electron chi connectivity index (χ2n) is 7.12. The number of imide groups is 1. The summed E-state index contributed by atoms with van der Waals surface area (Å²) in [7, 11) is 0. The number of halogens is 1. The van der Waals surface area contributed by atoms with Gasteiger partial charge in [0.1, 0.15) is 11.2 Å². The summed E-state index contributed by atoms with van der Waals surface area (Å²) in [4.78, 5) is 40.8. The Morgan fingerprint density at radius 2 is 1.48 bits per heavy atom. The number of aromatic nitrogens is 1. The van der Waals surface area contributed by atoms with Gasteiger partial charge in [0.05, 0.1) is 5.69 Å². The Hall–Kier alpha value is -2.16. The van der Waals surface area contributed by atoms with Crippen LogP contribution in [0.25, 0.3) is 0 Å². The summed E-state index contributed by atoms with van der Waals surface area (Å²) in [5.41, 5.74) is -2.55. The van der Waals surface area contributed by atoms with Crippen LogP contribution in [0, 0.1) is 0 Å². The summed E-state index contributed by atoms with van der Waals surface area (Å²) >= 11 is 3.15. The van der Waals surface area contributed by atoms with E-state index in [0.717, 1.165) is 0 Å². The first kappa shape index (κ1) is 20.9. The quantitative estimate of drug-likeness (QED) is 0.768. The van der Waals surface area contributed by atoms with Crippen molar-refractivity contribution in [2.24, 2.45) is 0 Å². The van der Waals surface area contributed by atoms with Crippen LogP contribution in [-0.2, 0) is 9.47 Å².